The van der Waals surface area contributed by atoms with Crippen LogP contribution in [0.1, 0.15) is 16.2 Å². The molecule has 0 aliphatic rings. The summed E-state index contributed by atoms with van der Waals surface area (Å²) in [5, 5.41) is 7.07. The molecule has 0 saturated carbocycles. The molecule has 0 bridgehead atoms. The maximum atomic E-state index is 12.3. The smallest absolute Gasteiger partial charge is 0.255 e. The minimum atomic E-state index is -0.340. The van der Waals surface area contributed by atoms with Gasteiger partial charge in [0.25, 0.3) is 5.91 Å². The number of halogens is 1. The maximum Gasteiger partial charge on any atom is 0.255 e. The van der Waals surface area contributed by atoms with Crippen LogP contribution in [0.3, 0.4) is 0 Å². The first-order valence-corrected chi connectivity index (χ1v) is 7.52. The van der Waals surface area contributed by atoms with Crippen molar-refractivity contribution in [3.63, 3.8) is 0 Å². The van der Waals surface area contributed by atoms with Crippen molar-refractivity contribution in [1.82, 2.24) is 20.0 Å². The van der Waals surface area contributed by atoms with Crippen LogP contribution in [0.25, 0.3) is 11.5 Å². The van der Waals surface area contributed by atoms with Crippen molar-refractivity contribution in [2.45, 2.75) is 6.54 Å². The number of carbonyl (C=O) groups is 1. The van der Waals surface area contributed by atoms with E-state index < -0.39 is 0 Å². The lowest BCUT2D eigenvalue weighted by molar-refractivity contribution is 0.0943. The molecule has 7 nitrogen and oxygen atoms in total. The van der Waals surface area contributed by atoms with Gasteiger partial charge in [-0.1, -0.05) is 16.8 Å². The monoisotopic (exact) mass is 346 g/mol. The molecule has 8 heteroatoms. The minimum Gasteiger partial charge on any atom is -0.496 e. The van der Waals surface area contributed by atoms with Gasteiger partial charge in [-0.05, 0) is 30.3 Å². The average Bonchev–Trinajstić information content (AvgIpc) is 3.21. The summed E-state index contributed by atoms with van der Waals surface area (Å²) >= 11 is 5.93. The molecule has 1 amide bonds. The van der Waals surface area contributed by atoms with E-state index in [1.807, 2.05) is 29.9 Å². The van der Waals surface area contributed by atoms with Gasteiger partial charge >= 0.3 is 0 Å². The lowest BCUT2D eigenvalue weighted by Gasteiger charge is -2.08. The molecule has 1 N–H and O–H groups in total. The fourth-order valence-electron chi connectivity index (χ4n) is 2.23. The number of hydrogen-bond acceptors (Lipinski definition) is 5. The number of rotatable bonds is 5. The third-order valence-electron chi connectivity index (χ3n) is 3.45. The van der Waals surface area contributed by atoms with Crippen LogP contribution >= 0.6 is 11.6 Å². The normalized spacial score (nSPS) is 10.6. The zero-order valence-electron chi connectivity index (χ0n) is 13.1. The average molecular weight is 347 g/mol. The van der Waals surface area contributed by atoms with E-state index in [4.69, 9.17) is 20.9 Å². The van der Waals surface area contributed by atoms with Gasteiger partial charge in [-0.25, -0.2) is 0 Å². The van der Waals surface area contributed by atoms with Crippen molar-refractivity contribution in [2.24, 2.45) is 7.05 Å². The Bertz CT molecular complexity index is 872. The molecular weight excluding hydrogens is 332 g/mol. The predicted molar refractivity (Wildman–Crippen MR) is 87.9 cm³/mol. The molecule has 0 spiro atoms. The van der Waals surface area contributed by atoms with Gasteiger partial charge in [0.15, 0.2) is 0 Å². The highest BCUT2D eigenvalue weighted by Gasteiger charge is 2.15. The molecule has 2 heterocycles. The largest absolute Gasteiger partial charge is 0.496 e. The van der Waals surface area contributed by atoms with Gasteiger partial charge in [0, 0.05) is 18.3 Å². The van der Waals surface area contributed by atoms with Crippen LogP contribution in [-0.2, 0) is 13.6 Å². The fourth-order valence-corrected chi connectivity index (χ4v) is 2.40. The van der Waals surface area contributed by atoms with Crippen molar-refractivity contribution in [1.29, 1.82) is 0 Å². The number of aromatic nitrogens is 3. The van der Waals surface area contributed by atoms with Gasteiger partial charge in [0.05, 0.1) is 24.9 Å². The van der Waals surface area contributed by atoms with E-state index in [0.717, 1.165) is 5.69 Å². The number of amides is 1. The number of carbonyl (C=O) groups excluding carboxylic acids is 1. The summed E-state index contributed by atoms with van der Waals surface area (Å²) in [6, 6.07) is 8.60. The number of hydrogen-bond donors (Lipinski definition) is 1. The number of nitrogens with one attached hydrogen (secondary N) is 1. The van der Waals surface area contributed by atoms with Crippen molar-refractivity contribution in [3.8, 4) is 17.3 Å². The van der Waals surface area contributed by atoms with E-state index in [9.17, 15) is 4.79 Å². The van der Waals surface area contributed by atoms with E-state index in [2.05, 4.69) is 15.5 Å². The van der Waals surface area contributed by atoms with E-state index in [0.29, 0.717) is 28.1 Å². The first-order valence-electron chi connectivity index (χ1n) is 7.14. The summed E-state index contributed by atoms with van der Waals surface area (Å²) in [6.07, 6.45) is 1.89. The molecule has 0 aliphatic heterocycles. The van der Waals surface area contributed by atoms with Gasteiger partial charge in [-0.3, -0.25) is 4.79 Å². The first-order chi connectivity index (χ1) is 11.6. The Morgan fingerprint density at radius 1 is 1.42 bits per heavy atom. The number of nitrogens with zero attached hydrogens (tertiary/aromatic N) is 3. The Balaban J connectivity index is 1.70. The van der Waals surface area contributed by atoms with Gasteiger partial charge in [-0.15, -0.1) is 0 Å². The van der Waals surface area contributed by atoms with Crippen molar-refractivity contribution in [2.75, 3.05) is 7.11 Å². The van der Waals surface area contributed by atoms with Crippen molar-refractivity contribution >= 4 is 17.5 Å². The molecule has 0 atom stereocenters. The lowest BCUT2D eigenvalue weighted by Crippen LogP contribution is -2.23. The second-order valence-corrected chi connectivity index (χ2v) is 5.48. The van der Waals surface area contributed by atoms with E-state index in [-0.39, 0.29) is 12.5 Å². The van der Waals surface area contributed by atoms with Crippen molar-refractivity contribution < 1.29 is 14.1 Å². The summed E-state index contributed by atoms with van der Waals surface area (Å²) < 4.78 is 12.2. The van der Waals surface area contributed by atoms with Gasteiger partial charge in [0.1, 0.15) is 5.75 Å². The number of aryl methyl sites for hydroxylation is 1. The molecule has 0 saturated heterocycles. The van der Waals surface area contributed by atoms with E-state index in [1.54, 1.807) is 18.2 Å². The number of benzene rings is 1. The molecule has 3 rings (SSSR count). The SMILES string of the molecule is COc1ccc(Cl)cc1C(=O)NCc1nc(-c2cccn2C)no1. The maximum absolute atomic E-state index is 12.3. The Hall–Kier alpha value is -2.80. The van der Waals surface area contributed by atoms with Crippen LogP contribution < -0.4 is 10.1 Å². The molecule has 0 fully saturated rings. The van der Waals surface area contributed by atoms with Crippen LogP contribution in [0.4, 0.5) is 0 Å². The predicted octanol–water partition coefficient (Wildman–Crippen LogP) is 2.67. The highest BCUT2D eigenvalue weighted by atomic mass is 35.5. The molecule has 3 aromatic rings. The van der Waals surface area contributed by atoms with Crippen molar-refractivity contribution in [3.05, 3.63) is 53.0 Å². The summed E-state index contributed by atoms with van der Waals surface area (Å²) in [4.78, 5) is 16.6. The van der Waals surface area contributed by atoms with E-state index >= 15 is 0 Å². The standard InChI is InChI=1S/C16H15ClN4O3/c1-21-7-3-4-12(21)15-19-14(24-20-15)9-18-16(22)11-8-10(17)5-6-13(11)23-2/h3-8H,9H2,1-2H3,(H,18,22). The molecule has 124 valence electrons. The molecule has 0 radical (unpaired) electrons. The quantitative estimate of drug-likeness (QED) is 0.768. The third kappa shape index (κ3) is 3.26. The van der Waals surface area contributed by atoms with Crippen LogP contribution in [0.2, 0.25) is 5.02 Å². The lowest BCUT2D eigenvalue weighted by atomic mass is 10.2. The van der Waals surface area contributed by atoms with Crippen LogP contribution in [0.15, 0.2) is 41.1 Å². The van der Waals surface area contributed by atoms with Crippen LogP contribution in [-0.4, -0.2) is 27.7 Å². The molecular formula is C16H15ClN4O3. The van der Waals surface area contributed by atoms with Crippen LogP contribution in [0.5, 0.6) is 5.75 Å². The second kappa shape index (κ2) is 6.76. The summed E-state index contributed by atoms with van der Waals surface area (Å²) in [7, 11) is 3.38. The molecule has 1 aromatic carbocycles. The fraction of sp³-hybridized carbons (Fsp3) is 0.188. The molecule has 24 heavy (non-hydrogen) atoms. The van der Waals surface area contributed by atoms with Gasteiger partial charge in [-0.2, -0.15) is 4.98 Å². The van der Waals surface area contributed by atoms with Gasteiger partial charge in [0.2, 0.25) is 11.7 Å². The highest BCUT2D eigenvalue weighted by molar-refractivity contribution is 6.31. The second-order valence-electron chi connectivity index (χ2n) is 5.04. The number of ether oxygens (including phenoxy) is 1. The van der Waals surface area contributed by atoms with Crippen LogP contribution in [0, 0.1) is 0 Å². The zero-order chi connectivity index (χ0) is 17.1. The molecule has 0 unspecified atom stereocenters. The topological polar surface area (TPSA) is 82.2 Å². The Morgan fingerprint density at radius 3 is 2.96 bits per heavy atom. The Kier molecular flexibility index (Phi) is 4.52. The Labute approximate surface area is 143 Å². The number of methoxy groups -OCH3 is 1. The molecule has 0 aliphatic carbocycles. The molecule has 2 aromatic heterocycles. The van der Waals surface area contributed by atoms with Gasteiger partial charge < -0.3 is 19.1 Å². The minimum absolute atomic E-state index is 0.103. The highest BCUT2D eigenvalue weighted by Crippen LogP contribution is 2.22. The summed E-state index contributed by atoms with van der Waals surface area (Å²) in [6.45, 7) is 0.103. The zero-order valence-corrected chi connectivity index (χ0v) is 13.9. The third-order valence-corrected chi connectivity index (χ3v) is 3.68. The Morgan fingerprint density at radius 2 is 2.25 bits per heavy atom. The first kappa shape index (κ1) is 16.1. The summed E-state index contributed by atoms with van der Waals surface area (Å²) in [5.41, 5.74) is 1.17. The van der Waals surface area contributed by atoms with E-state index in [1.165, 1.54) is 7.11 Å². The summed E-state index contributed by atoms with van der Waals surface area (Å²) in [5.74, 6) is 0.868.